The highest BCUT2D eigenvalue weighted by Gasteiger charge is 2.26. The molecule has 0 unspecified atom stereocenters. The van der Waals surface area contributed by atoms with Gasteiger partial charge in [-0.1, -0.05) is 43.3 Å². The second-order valence-corrected chi connectivity index (χ2v) is 9.76. The van der Waals surface area contributed by atoms with Crippen molar-refractivity contribution in [3.63, 3.8) is 0 Å². The molecule has 180 valence electrons. The summed E-state index contributed by atoms with van der Waals surface area (Å²) in [6, 6.07) is 20.2. The third-order valence-corrected chi connectivity index (χ3v) is 7.24. The number of aryl methyl sites for hydroxylation is 2. The Labute approximate surface area is 210 Å². The molecule has 0 saturated carbocycles. The molecule has 0 bridgehead atoms. The molecule has 0 spiro atoms. The third kappa shape index (κ3) is 5.03. The van der Waals surface area contributed by atoms with Gasteiger partial charge in [-0.25, -0.2) is 14.6 Å². The molecular weight excluding hydrogens is 456 g/mol. The molecule has 1 amide bonds. The van der Waals surface area contributed by atoms with Crippen LogP contribution in [0.4, 0.5) is 5.82 Å². The van der Waals surface area contributed by atoms with E-state index >= 15 is 0 Å². The van der Waals surface area contributed by atoms with Crippen molar-refractivity contribution in [2.45, 2.75) is 31.6 Å². The van der Waals surface area contributed by atoms with E-state index in [0.717, 1.165) is 64.9 Å². The van der Waals surface area contributed by atoms with Crippen molar-refractivity contribution in [3.05, 3.63) is 72.2 Å². The summed E-state index contributed by atoms with van der Waals surface area (Å²) in [5.41, 5.74) is 2.75. The number of para-hydroxylation sites is 1. The lowest BCUT2D eigenvalue weighted by Gasteiger charge is -2.35. The van der Waals surface area contributed by atoms with Gasteiger partial charge in [0.15, 0.2) is 5.65 Å². The van der Waals surface area contributed by atoms with Gasteiger partial charge in [0.1, 0.15) is 11.6 Å². The maximum Gasteiger partial charge on any atom is 0.233 e. The predicted molar refractivity (Wildman–Crippen MR) is 141 cm³/mol. The smallest absolute Gasteiger partial charge is 0.233 e. The van der Waals surface area contributed by atoms with E-state index in [4.69, 9.17) is 15.1 Å². The van der Waals surface area contributed by atoms with Crippen molar-refractivity contribution in [3.8, 4) is 5.69 Å². The van der Waals surface area contributed by atoms with E-state index < -0.39 is 0 Å². The van der Waals surface area contributed by atoms with E-state index in [2.05, 4.69) is 11.8 Å². The number of carbonyl (C=O) groups is 1. The number of aromatic nitrogens is 4. The van der Waals surface area contributed by atoms with E-state index in [1.165, 1.54) is 0 Å². The molecule has 4 aromatic rings. The number of fused-ring (bicyclic) bond motifs is 1. The first-order valence-electron chi connectivity index (χ1n) is 12.2. The molecule has 35 heavy (non-hydrogen) atoms. The zero-order valence-corrected chi connectivity index (χ0v) is 21.0. The summed E-state index contributed by atoms with van der Waals surface area (Å²) in [5, 5.41) is 5.83. The number of hydrogen-bond acceptors (Lipinski definition) is 6. The van der Waals surface area contributed by atoms with Crippen LogP contribution in [0.1, 0.15) is 24.9 Å². The normalized spacial score (nSPS) is 14.0. The van der Waals surface area contributed by atoms with Crippen LogP contribution < -0.4 is 4.90 Å². The van der Waals surface area contributed by atoms with E-state index in [0.29, 0.717) is 18.8 Å². The number of carbonyl (C=O) groups excluding carboxylic acids is 1. The quantitative estimate of drug-likeness (QED) is 0.358. The first kappa shape index (κ1) is 23.4. The SMILES string of the molecule is CCCc1nc(N2CCN(C(=O)CSc3ccccc3)CC2)c2c(C)nn(-c3ccccc3)c2n1. The lowest BCUT2D eigenvalue weighted by atomic mass is 10.2. The topological polar surface area (TPSA) is 67.2 Å². The molecule has 7 nitrogen and oxygen atoms in total. The Morgan fingerprint density at radius 1 is 0.943 bits per heavy atom. The molecular formula is C27H30N6OS. The molecule has 1 saturated heterocycles. The van der Waals surface area contributed by atoms with Crippen LogP contribution in [-0.4, -0.2) is 62.5 Å². The molecule has 8 heteroatoms. The molecule has 1 aliphatic rings. The number of thioether (sulfide) groups is 1. The lowest BCUT2D eigenvalue weighted by Crippen LogP contribution is -2.49. The van der Waals surface area contributed by atoms with Gasteiger partial charge in [-0.15, -0.1) is 11.8 Å². The van der Waals surface area contributed by atoms with Crippen LogP contribution in [-0.2, 0) is 11.2 Å². The van der Waals surface area contributed by atoms with Crippen LogP contribution >= 0.6 is 11.8 Å². The minimum Gasteiger partial charge on any atom is -0.352 e. The summed E-state index contributed by atoms with van der Waals surface area (Å²) in [6.45, 7) is 7.04. The maximum absolute atomic E-state index is 12.8. The van der Waals surface area contributed by atoms with Gasteiger partial charge in [-0.3, -0.25) is 4.79 Å². The Hall–Kier alpha value is -3.39. The Morgan fingerprint density at radius 3 is 2.31 bits per heavy atom. The van der Waals surface area contributed by atoms with E-state index in [1.807, 2.05) is 77.2 Å². The van der Waals surface area contributed by atoms with Crippen molar-refractivity contribution in [1.82, 2.24) is 24.6 Å². The van der Waals surface area contributed by atoms with Crippen LogP contribution in [0.2, 0.25) is 0 Å². The first-order valence-corrected chi connectivity index (χ1v) is 13.1. The molecule has 0 aliphatic carbocycles. The van der Waals surface area contributed by atoms with Crippen LogP contribution in [0.15, 0.2) is 65.6 Å². The van der Waals surface area contributed by atoms with E-state index in [9.17, 15) is 4.79 Å². The van der Waals surface area contributed by atoms with Gasteiger partial charge in [-0.2, -0.15) is 5.10 Å². The Morgan fingerprint density at radius 2 is 1.63 bits per heavy atom. The van der Waals surface area contributed by atoms with Gasteiger partial charge >= 0.3 is 0 Å². The molecule has 0 radical (unpaired) electrons. The monoisotopic (exact) mass is 486 g/mol. The van der Waals surface area contributed by atoms with Crippen LogP contribution in [0.25, 0.3) is 16.7 Å². The van der Waals surface area contributed by atoms with Crippen LogP contribution in [0.5, 0.6) is 0 Å². The minimum absolute atomic E-state index is 0.186. The van der Waals surface area contributed by atoms with Gasteiger partial charge in [0.2, 0.25) is 5.91 Å². The Kier molecular flexibility index (Phi) is 6.99. The van der Waals surface area contributed by atoms with Crippen molar-refractivity contribution in [2.24, 2.45) is 0 Å². The number of benzene rings is 2. The molecule has 2 aromatic carbocycles. The number of piperazine rings is 1. The van der Waals surface area contributed by atoms with Crippen LogP contribution in [0.3, 0.4) is 0 Å². The number of hydrogen-bond donors (Lipinski definition) is 0. The maximum atomic E-state index is 12.8. The van der Waals surface area contributed by atoms with Crippen molar-refractivity contribution in [2.75, 3.05) is 36.8 Å². The molecule has 0 atom stereocenters. The zero-order valence-electron chi connectivity index (χ0n) is 20.2. The fourth-order valence-electron chi connectivity index (χ4n) is 4.44. The van der Waals surface area contributed by atoms with Gasteiger partial charge in [0.25, 0.3) is 0 Å². The summed E-state index contributed by atoms with van der Waals surface area (Å²) in [7, 11) is 0. The average Bonchev–Trinajstić information content (AvgIpc) is 3.24. The standard InChI is InChI=1S/C27H30N6OS/c1-3-10-23-28-26(25-20(2)30-33(27(25)29-23)21-11-6-4-7-12-21)32-17-15-31(16-18-32)24(34)19-35-22-13-8-5-9-14-22/h4-9,11-14H,3,10,15-19H2,1-2H3. The fraction of sp³-hybridized carbons (Fsp3) is 0.333. The first-order chi connectivity index (χ1) is 17.1. The van der Waals surface area contributed by atoms with Crippen molar-refractivity contribution < 1.29 is 4.79 Å². The largest absolute Gasteiger partial charge is 0.352 e. The average molecular weight is 487 g/mol. The molecule has 1 aliphatic heterocycles. The van der Waals surface area contributed by atoms with E-state index in [1.54, 1.807) is 11.8 Å². The second kappa shape index (κ2) is 10.5. The number of anilines is 1. The Balaban J connectivity index is 1.37. The highest BCUT2D eigenvalue weighted by atomic mass is 32.2. The fourth-order valence-corrected chi connectivity index (χ4v) is 5.26. The number of rotatable bonds is 7. The lowest BCUT2D eigenvalue weighted by molar-refractivity contribution is -0.128. The predicted octanol–water partition coefficient (Wildman–Crippen LogP) is 4.52. The minimum atomic E-state index is 0.186. The summed E-state index contributed by atoms with van der Waals surface area (Å²) in [6.07, 6.45) is 1.79. The number of nitrogens with zero attached hydrogens (tertiary/aromatic N) is 6. The highest BCUT2D eigenvalue weighted by Crippen LogP contribution is 2.30. The zero-order chi connectivity index (χ0) is 24.2. The third-order valence-electron chi connectivity index (χ3n) is 6.24. The van der Waals surface area contributed by atoms with Gasteiger partial charge in [-0.05, 0) is 37.6 Å². The highest BCUT2D eigenvalue weighted by molar-refractivity contribution is 8.00. The summed E-state index contributed by atoms with van der Waals surface area (Å²) in [5.74, 6) is 2.42. The molecule has 2 aromatic heterocycles. The molecule has 3 heterocycles. The molecule has 5 rings (SSSR count). The van der Waals surface area contributed by atoms with Gasteiger partial charge in [0.05, 0.1) is 22.5 Å². The Bertz CT molecular complexity index is 1300. The summed E-state index contributed by atoms with van der Waals surface area (Å²) >= 11 is 1.59. The van der Waals surface area contributed by atoms with Crippen molar-refractivity contribution in [1.29, 1.82) is 0 Å². The van der Waals surface area contributed by atoms with Gasteiger partial charge in [0, 0.05) is 37.5 Å². The second-order valence-electron chi connectivity index (χ2n) is 8.71. The summed E-state index contributed by atoms with van der Waals surface area (Å²) in [4.78, 5) is 28.1. The number of amides is 1. The van der Waals surface area contributed by atoms with Gasteiger partial charge < -0.3 is 9.80 Å². The summed E-state index contributed by atoms with van der Waals surface area (Å²) < 4.78 is 1.93. The molecule has 1 fully saturated rings. The molecule has 0 N–H and O–H groups in total. The van der Waals surface area contributed by atoms with Crippen molar-refractivity contribution >= 4 is 34.5 Å². The van der Waals surface area contributed by atoms with Crippen LogP contribution in [0, 0.1) is 6.92 Å². The van der Waals surface area contributed by atoms with E-state index in [-0.39, 0.29) is 5.91 Å².